The van der Waals surface area contributed by atoms with Crippen molar-refractivity contribution in [2.75, 3.05) is 0 Å². The van der Waals surface area contributed by atoms with Gasteiger partial charge in [-0.15, -0.1) is 0 Å². The first-order chi connectivity index (χ1) is 26.6. The number of amidine groups is 1. The lowest BCUT2D eigenvalue weighted by Crippen LogP contribution is -2.06. The largest absolute Gasteiger partial charge is 0.248 e. The van der Waals surface area contributed by atoms with Crippen LogP contribution in [0.15, 0.2) is 186 Å². The monoisotopic (exact) mass is 693 g/mol. The number of nitrogens with zero attached hydrogens (tertiary/aromatic N) is 3. The third kappa shape index (κ3) is 6.46. The van der Waals surface area contributed by atoms with E-state index in [0.717, 1.165) is 63.8 Å². The van der Waals surface area contributed by atoms with Crippen molar-refractivity contribution in [1.29, 1.82) is 0 Å². The molecule has 0 radical (unpaired) electrons. The molecule has 1 aromatic heterocycles. The second-order valence-electron chi connectivity index (χ2n) is 14.0. The molecule has 54 heavy (non-hydrogen) atoms. The second-order valence-corrected chi connectivity index (χ2v) is 14.0. The summed E-state index contributed by atoms with van der Waals surface area (Å²) in [6.07, 6.45) is 9.74. The first-order valence-electron chi connectivity index (χ1n) is 18.7. The smallest absolute Gasteiger partial charge is 0.160 e. The van der Waals surface area contributed by atoms with Crippen LogP contribution in [-0.4, -0.2) is 16.5 Å². The van der Waals surface area contributed by atoms with Crippen LogP contribution >= 0.6 is 0 Å². The van der Waals surface area contributed by atoms with Gasteiger partial charge in [0.15, 0.2) is 5.84 Å². The summed E-state index contributed by atoms with van der Waals surface area (Å²) >= 11 is 0. The van der Waals surface area contributed by atoms with E-state index in [2.05, 4.69) is 159 Å². The maximum absolute atomic E-state index is 5.26. The van der Waals surface area contributed by atoms with Gasteiger partial charge in [-0.3, -0.25) is 0 Å². The van der Waals surface area contributed by atoms with Gasteiger partial charge in [-0.05, 0) is 94.5 Å². The summed E-state index contributed by atoms with van der Waals surface area (Å²) < 4.78 is 0. The second kappa shape index (κ2) is 14.4. The van der Waals surface area contributed by atoms with E-state index < -0.39 is 0 Å². The predicted octanol–water partition coefficient (Wildman–Crippen LogP) is 12.8. The van der Waals surface area contributed by atoms with Crippen molar-refractivity contribution in [1.82, 2.24) is 4.98 Å². The lowest BCUT2D eigenvalue weighted by molar-refractivity contribution is 1.04. The minimum absolute atomic E-state index is 0.658. The summed E-state index contributed by atoms with van der Waals surface area (Å²) in [6.45, 7) is 6.55. The Hall–Kier alpha value is -6.71. The first kappa shape index (κ1) is 33.1. The zero-order valence-electron chi connectivity index (χ0n) is 30.3. The van der Waals surface area contributed by atoms with E-state index in [1.165, 1.54) is 44.5 Å². The van der Waals surface area contributed by atoms with Crippen molar-refractivity contribution in [3.63, 3.8) is 0 Å². The molecular formula is C51H39N3. The van der Waals surface area contributed by atoms with E-state index in [4.69, 9.17) is 15.0 Å². The van der Waals surface area contributed by atoms with Crippen molar-refractivity contribution in [3.8, 4) is 33.5 Å². The van der Waals surface area contributed by atoms with Gasteiger partial charge in [0, 0.05) is 27.8 Å². The zero-order valence-corrected chi connectivity index (χ0v) is 30.3. The van der Waals surface area contributed by atoms with Gasteiger partial charge in [0.25, 0.3) is 0 Å². The number of benzene rings is 6. The lowest BCUT2D eigenvalue weighted by atomic mass is 9.93. The molecule has 9 rings (SSSR count). The highest BCUT2D eigenvalue weighted by Gasteiger charge is 2.26. The predicted molar refractivity (Wildman–Crippen MR) is 228 cm³/mol. The van der Waals surface area contributed by atoms with Crippen LogP contribution in [0.1, 0.15) is 53.1 Å². The molecule has 1 heterocycles. The number of hydrogen-bond donors (Lipinski definition) is 0. The van der Waals surface area contributed by atoms with Gasteiger partial charge in [0.05, 0.1) is 16.9 Å². The number of allylic oxidation sites excluding steroid dienone is 4. The Bertz CT molecular complexity index is 2690. The van der Waals surface area contributed by atoms with Gasteiger partial charge < -0.3 is 0 Å². The number of para-hydroxylation sites is 1. The normalized spacial score (nSPS) is 13.8. The first-order valence-corrected chi connectivity index (χ1v) is 18.7. The van der Waals surface area contributed by atoms with E-state index in [9.17, 15) is 0 Å². The molecule has 2 aliphatic rings. The van der Waals surface area contributed by atoms with Crippen LogP contribution in [-0.2, 0) is 6.42 Å². The topological polar surface area (TPSA) is 37.6 Å². The number of aliphatic imine (C=N–C) groups is 2. The standard InChI is InChI=1S/C51H39N3/c1-34(36-14-5-3-6-15-36)52-51(53-35(2)41-19-11-20-42(32-41)37-16-7-4-8-17-37)46-24-12-21-43-33-47-44(22-13-23-45(47)50(43)46)38-26-28-40(29-27-38)49-31-30-39-18-9-10-25-48(39)54-49/h3,5-7,9-32H,2,4,8,33H2,1H3. The molecule has 0 N–H and O–H groups in total. The third-order valence-electron chi connectivity index (χ3n) is 10.5. The van der Waals surface area contributed by atoms with Crippen molar-refractivity contribution in [2.45, 2.75) is 26.2 Å². The fourth-order valence-corrected chi connectivity index (χ4v) is 7.72. The summed E-state index contributed by atoms with van der Waals surface area (Å²) in [7, 11) is 0. The van der Waals surface area contributed by atoms with Crippen LogP contribution in [0.25, 0.3) is 55.7 Å². The van der Waals surface area contributed by atoms with Crippen LogP contribution in [0.4, 0.5) is 0 Å². The molecule has 0 bridgehead atoms. The van der Waals surface area contributed by atoms with E-state index in [0.29, 0.717) is 11.5 Å². The Morgan fingerprint density at radius 2 is 1.39 bits per heavy atom. The number of aromatic nitrogens is 1. The van der Waals surface area contributed by atoms with Crippen LogP contribution in [0.2, 0.25) is 0 Å². The highest BCUT2D eigenvalue weighted by molar-refractivity contribution is 6.16. The molecule has 0 saturated heterocycles. The SMILES string of the molecule is C=C(N=C(N=C(C)c1ccccc1)c1cccc2c1-c1cccc(-c3ccc(-c4ccc5ccccc5n4)cc3)c1C2)c1cccc(C2=CCCC=C2)c1. The van der Waals surface area contributed by atoms with E-state index in [1.807, 2.05) is 24.3 Å². The Labute approximate surface area is 317 Å². The van der Waals surface area contributed by atoms with Gasteiger partial charge in [-0.1, -0.05) is 158 Å². The highest BCUT2D eigenvalue weighted by Crippen LogP contribution is 2.44. The van der Waals surface area contributed by atoms with Gasteiger partial charge in [0.2, 0.25) is 0 Å². The van der Waals surface area contributed by atoms with Crippen LogP contribution in [0.5, 0.6) is 0 Å². The molecule has 0 fully saturated rings. The quantitative estimate of drug-likeness (QED) is 0.121. The average Bonchev–Trinajstić information content (AvgIpc) is 3.63. The molecule has 0 spiro atoms. The van der Waals surface area contributed by atoms with E-state index >= 15 is 0 Å². The molecule has 258 valence electrons. The summed E-state index contributed by atoms with van der Waals surface area (Å²) in [5.74, 6) is 0.658. The number of pyridine rings is 1. The van der Waals surface area contributed by atoms with Crippen molar-refractivity contribution < 1.29 is 0 Å². The number of fused-ring (bicyclic) bond motifs is 4. The zero-order chi connectivity index (χ0) is 36.4. The molecule has 0 atom stereocenters. The molecule has 7 aromatic rings. The van der Waals surface area contributed by atoms with E-state index in [1.54, 1.807) is 0 Å². The Morgan fingerprint density at radius 1 is 0.630 bits per heavy atom. The van der Waals surface area contributed by atoms with Gasteiger partial charge in [0.1, 0.15) is 0 Å². The third-order valence-corrected chi connectivity index (χ3v) is 10.5. The minimum atomic E-state index is 0.658. The Balaban J connectivity index is 1.11. The molecule has 0 aliphatic heterocycles. The van der Waals surface area contributed by atoms with Crippen molar-refractivity contribution >= 4 is 33.7 Å². The molecule has 0 saturated carbocycles. The number of hydrogen-bond acceptors (Lipinski definition) is 2. The summed E-state index contributed by atoms with van der Waals surface area (Å²) in [5.41, 5.74) is 17.6. The fourth-order valence-electron chi connectivity index (χ4n) is 7.72. The Kier molecular flexibility index (Phi) is 8.82. The summed E-state index contributed by atoms with van der Waals surface area (Å²) in [6, 6.07) is 53.4. The molecule has 6 aromatic carbocycles. The average molecular weight is 694 g/mol. The lowest BCUT2D eigenvalue weighted by Gasteiger charge is -2.14. The molecule has 3 nitrogen and oxygen atoms in total. The fraction of sp³-hybridized carbons (Fsp3) is 0.0784. The summed E-state index contributed by atoms with van der Waals surface area (Å²) in [4.78, 5) is 15.4. The molecule has 2 aliphatic carbocycles. The van der Waals surface area contributed by atoms with Gasteiger partial charge >= 0.3 is 0 Å². The van der Waals surface area contributed by atoms with Crippen LogP contribution < -0.4 is 0 Å². The molecule has 3 heteroatoms. The number of rotatable bonds is 7. The minimum Gasteiger partial charge on any atom is -0.248 e. The van der Waals surface area contributed by atoms with Crippen molar-refractivity contribution in [3.05, 3.63) is 210 Å². The maximum atomic E-state index is 5.26. The van der Waals surface area contributed by atoms with Gasteiger partial charge in [-0.2, -0.15) is 0 Å². The summed E-state index contributed by atoms with van der Waals surface area (Å²) in [5, 5.41) is 1.15. The van der Waals surface area contributed by atoms with Crippen LogP contribution in [0, 0.1) is 0 Å². The van der Waals surface area contributed by atoms with Crippen molar-refractivity contribution in [2.24, 2.45) is 9.98 Å². The maximum Gasteiger partial charge on any atom is 0.160 e. The van der Waals surface area contributed by atoms with Crippen LogP contribution in [0.3, 0.4) is 0 Å². The molecule has 0 amide bonds. The van der Waals surface area contributed by atoms with E-state index in [-0.39, 0.29) is 0 Å². The van der Waals surface area contributed by atoms with Gasteiger partial charge in [-0.25, -0.2) is 15.0 Å². The Morgan fingerprint density at radius 3 is 2.24 bits per heavy atom. The highest BCUT2D eigenvalue weighted by atomic mass is 14.9. The molecular weight excluding hydrogens is 655 g/mol. The molecule has 0 unspecified atom stereocenters.